The van der Waals surface area contributed by atoms with E-state index in [1.54, 1.807) is 0 Å². The second-order valence-corrected chi connectivity index (χ2v) is 6.23. The molecule has 2 fully saturated rings. The van der Waals surface area contributed by atoms with Gasteiger partial charge in [0.25, 0.3) is 0 Å². The van der Waals surface area contributed by atoms with Crippen molar-refractivity contribution in [2.45, 2.75) is 38.3 Å². The van der Waals surface area contributed by atoms with Crippen LogP contribution in [0.1, 0.15) is 31.2 Å². The summed E-state index contributed by atoms with van der Waals surface area (Å²) in [6.07, 6.45) is 4.89. The van der Waals surface area contributed by atoms with Crippen molar-refractivity contribution in [2.24, 2.45) is 0 Å². The van der Waals surface area contributed by atoms with Crippen molar-refractivity contribution in [2.75, 3.05) is 31.6 Å². The molecule has 4 heteroatoms. The average molecular weight is 287 g/mol. The summed E-state index contributed by atoms with van der Waals surface area (Å²) >= 11 is 0. The number of likely N-dealkylation sites (tertiary alicyclic amines) is 1. The largest absolute Gasteiger partial charge is 0.365 e. The minimum Gasteiger partial charge on any atom is -0.365 e. The van der Waals surface area contributed by atoms with Gasteiger partial charge in [-0.05, 0) is 37.3 Å². The highest BCUT2D eigenvalue weighted by Gasteiger charge is 2.22. The van der Waals surface area contributed by atoms with E-state index in [4.69, 9.17) is 0 Å². The molecule has 4 nitrogen and oxygen atoms in total. The number of nitrogens with zero attached hydrogens (tertiary/aromatic N) is 2. The van der Waals surface area contributed by atoms with Crippen molar-refractivity contribution < 1.29 is 4.79 Å². The van der Waals surface area contributed by atoms with E-state index in [0.29, 0.717) is 12.6 Å². The van der Waals surface area contributed by atoms with Crippen LogP contribution in [-0.4, -0.2) is 43.5 Å². The first kappa shape index (κ1) is 14.4. The van der Waals surface area contributed by atoms with E-state index in [0.717, 1.165) is 38.2 Å². The predicted molar refractivity (Wildman–Crippen MR) is 85.4 cm³/mol. The summed E-state index contributed by atoms with van der Waals surface area (Å²) in [5.41, 5.74) is 2.44. The number of hydrogen-bond donors (Lipinski definition) is 1. The lowest BCUT2D eigenvalue weighted by Crippen LogP contribution is -2.37. The lowest BCUT2D eigenvalue weighted by Gasteiger charge is -2.25. The maximum absolute atomic E-state index is 12.3. The third kappa shape index (κ3) is 3.76. The molecule has 0 bridgehead atoms. The van der Waals surface area contributed by atoms with Crippen molar-refractivity contribution in [3.63, 3.8) is 0 Å². The standard InChI is InChI=1S/C17H25N3O/c1-19(13-17(21)20-10-4-5-11-20)16-7-3-2-6-14(16)12-18-15-8-9-15/h2-3,6-7,15,18H,4-5,8-13H2,1H3. The molecule has 21 heavy (non-hydrogen) atoms. The van der Waals surface area contributed by atoms with Gasteiger partial charge in [-0.3, -0.25) is 4.79 Å². The molecule has 1 N–H and O–H groups in total. The number of hydrogen-bond acceptors (Lipinski definition) is 3. The molecule has 1 aliphatic heterocycles. The Labute approximate surface area is 127 Å². The molecule has 0 aromatic heterocycles. The maximum atomic E-state index is 12.3. The topological polar surface area (TPSA) is 35.6 Å². The van der Waals surface area contributed by atoms with Gasteiger partial charge >= 0.3 is 0 Å². The SMILES string of the molecule is CN(CC(=O)N1CCCC1)c1ccccc1CNC1CC1. The number of rotatable bonds is 6. The van der Waals surface area contributed by atoms with Crippen LogP contribution in [0.2, 0.25) is 0 Å². The van der Waals surface area contributed by atoms with E-state index >= 15 is 0 Å². The summed E-state index contributed by atoms with van der Waals surface area (Å²) in [5.74, 6) is 0.250. The maximum Gasteiger partial charge on any atom is 0.242 e. The third-order valence-corrected chi connectivity index (χ3v) is 4.39. The van der Waals surface area contributed by atoms with Crippen LogP contribution in [0, 0.1) is 0 Å². The molecule has 1 saturated heterocycles. The minimum absolute atomic E-state index is 0.250. The normalized spacial score (nSPS) is 18.0. The van der Waals surface area contributed by atoms with Crippen molar-refractivity contribution in [3.05, 3.63) is 29.8 Å². The Hall–Kier alpha value is -1.55. The molecular weight excluding hydrogens is 262 g/mol. The van der Waals surface area contributed by atoms with E-state index in [2.05, 4.69) is 28.4 Å². The van der Waals surface area contributed by atoms with Crippen molar-refractivity contribution in [1.29, 1.82) is 0 Å². The van der Waals surface area contributed by atoms with E-state index in [1.165, 1.54) is 18.4 Å². The monoisotopic (exact) mass is 287 g/mol. The highest BCUT2D eigenvalue weighted by atomic mass is 16.2. The summed E-state index contributed by atoms with van der Waals surface area (Å²) < 4.78 is 0. The van der Waals surface area contributed by atoms with E-state index in [1.807, 2.05) is 18.0 Å². The molecular formula is C17H25N3O. The van der Waals surface area contributed by atoms with Crippen LogP contribution >= 0.6 is 0 Å². The number of nitrogens with one attached hydrogen (secondary N) is 1. The van der Waals surface area contributed by atoms with Gasteiger partial charge in [0.2, 0.25) is 5.91 Å². The smallest absolute Gasteiger partial charge is 0.242 e. The second-order valence-electron chi connectivity index (χ2n) is 6.23. The Morgan fingerprint density at radius 2 is 2.00 bits per heavy atom. The Morgan fingerprint density at radius 1 is 1.29 bits per heavy atom. The summed E-state index contributed by atoms with van der Waals surface area (Å²) in [5, 5.41) is 3.55. The first-order valence-electron chi connectivity index (χ1n) is 8.04. The first-order chi connectivity index (χ1) is 10.2. The molecule has 0 atom stereocenters. The zero-order valence-electron chi connectivity index (χ0n) is 12.8. The van der Waals surface area contributed by atoms with E-state index in [9.17, 15) is 4.79 Å². The number of likely N-dealkylation sites (N-methyl/N-ethyl adjacent to an activating group) is 1. The molecule has 1 aliphatic carbocycles. The number of anilines is 1. The average Bonchev–Trinajstić information content (AvgIpc) is 3.16. The Bertz CT molecular complexity index is 493. The fourth-order valence-corrected chi connectivity index (χ4v) is 2.93. The Balaban J connectivity index is 1.62. The summed E-state index contributed by atoms with van der Waals surface area (Å²) in [6.45, 7) is 3.22. The molecule has 0 unspecified atom stereocenters. The first-order valence-corrected chi connectivity index (χ1v) is 8.04. The van der Waals surface area contributed by atoms with Gasteiger partial charge in [-0.25, -0.2) is 0 Å². The molecule has 1 heterocycles. The zero-order valence-corrected chi connectivity index (χ0v) is 12.8. The van der Waals surface area contributed by atoms with Gasteiger partial charge in [-0.15, -0.1) is 0 Å². The second kappa shape index (κ2) is 6.48. The van der Waals surface area contributed by atoms with E-state index in [-0.39, 0.29) is 5.91 Å². The molecule has 1 amide bonds. The lowest BCUT2D eigenvalue weighted by atomic mass is 10.1. The molecule has 1 aromatic rings. The van der Waals surface area contributed by atoms with Crippen LogP contribution < -0.4 is 10.2 Å². The van der Waals surface area contributed by atoms with E-state index < -0.39 is 0 Å². The van der Waals surface area contributed by atoms with Crippen LogP contribution in [0.4, 0.5) is 5.69 Å². The van der Waals surface area contributed by atoms with Gasteiger partial charge in [0.15, 0.2) is 0 Å². The van der Waals surface area contributed by atoms with Crippen LogP contribution in [0.15, 0.2) is 24.3 Å². The minimum atomic E-state index is 0.250. The fraction of sp³-hybridized carbons (Fsp3) is 0.588. The van der Waals surface area contributed by atoms with Gasteiger partial charge < -0.3 is 15.1 Å². The Kier molecular flexibility index (Phi) is 4.44. The number of para-hydroxylation sites is 1. The quantitative estimate of drug-likeness (QED) is 0.869. The third-order valence-electron chi connectivity index (χ3n) is 4.39. The van der Waals surface area contributed by atoms with Crippen molar-refractivity contribution >= 4 is 11.6 Å². The number of benzene rings is 1. The highest BCUT2D eigenvalue weighted by Crippen LogP contribution is 2.23. The molecule has 1 aromatic carbocycles. The summed E-state index contributed by atoms with van der Waals surface area (Å²) in [7, 11) is 2.02. The van der Waals surface area contributed by atoms with Crippen LogP contribution in [0.5, 0.6) is 0 Å². The summed E-state index contributed by atoms with van der Waals surface area (Å²) in [6, 6.07) is 9.09. The van der Waals surface area contributed by atoms with Crippen LogP contribution in [0.25, 0.3) is 0 Å². The van der Waals surface area contributed by atoms with Crippen molar-refractivity contribution in [3.8, 4) is 0 Å². The summed E-state index contributed by atoms with van der Waals surface area (Å²) in [4.78, 5) is 16.4. The molecule has 0 spiro atoms. The Morgan fingerprint density at radius 3 is 2.71 bits per heavy atom. The van der Waals surface area contributed by atoms with Gasteiger partial charge in [0.05, 0.1) is 6.54 Å². The fourth-order valence-electron chi connectivity index (χ4n) is 2.93. The number of carbonyl (C=O) groups is 1. The predicted octanol–water partition coefficient (Wildman–Crippen LogP) is 2.00. The molecule has 2 aliphatic rings. The molecule has 114 valence electrons. The van der Waals surface area contributed by atoms with Gasteiger partial charge in [0.1, 0.15) is 0 Å². The zero-order chi connectivity index (χ0) is 14.7. The lowest BCUT2D eigenvalue weighted by molar-refractivity contribution is -0.128. The number of carbonyl (C=O) groups excluding carboxylic acids is 1. The van der Waals surface area contributed by atoms with Gasteiger partial charge in [-0.1, -0.05) is 18.2 Å². The van der Waals surface area contributed by atoms with Crippen LogP contribution in [0.3, 0.4) is 0 Å². The molecule has 0 radical (unpaired) electrons. The molecule has 3 rings (SSSR count). The van der Waals surface area contributed by atoms with Gasteiger partial charge in [-0.2, -0.15) is 0 Å². The molecule has 1 saturated carbocycles. The number of amides is 1. The highest BCUT2D eigenvalue weighted by molar-refractivity contribution is 5.81. The van der Waals surface area contributed by atoms with Crippen molar-refractivity contribution in [1.82, 2.24) is 10.2 Å². The van der Waals surface area contributed by atoms with Gasteiger partial charge in [0, 0.05) is 38.4 Å². The van der Waals surface area contributed by atoms with Crippen LogP contribution in [-0.2, 0) is 11.3 Å².